The minimum atomic E-state index is -0.821. The van der Waals surface area contributed by atoms with Crippen LogP contribution >= 0.6 is 0 Å². The van der Waals surface area contributed by atoms with Crippen molar-refractivity contribution in [1.82, 2.24) is 0 Å². The zero-order valence-electron chi connectivity index (χ0n) is 13.2. The van der Waals surface area contributed by atoms with Gasteiger partial charge in [-0.1, -0.05) is 6.42 Å². The van der Waals surface area contributed by atoms with Gasteiger partial charge in [-0.2, -0.15) is 0 Å². The van der Waals surface area contributed by atoms with Crippen molar-refractivity contribution >= 4 is 32.3 Å². The molecule has 23 heavy (non-hydrogen) atoms. The summed E-state index contributed by atoms with van der Waals surface area (Å²) in [5.74, 6) is 3.55. The summed E-state index contributed by atoms with van der Waals surface area (Å²) in [5, 5.41) is 26.8. The number of carboxylic acids is 1. The van der Waals surface area contributed by atoms with Crippen molar-refractivity contribution in [1.29, 1.82) is 5.41 Å². The molecule has 0 heterocycles. The summed E-state index contributed by atoms with van der Waals surface area (Å²) in [7, 11) is 0. The van der Waals surface area contributed by atoms with E-state index >= 15 is 0 Å². The van der Waals surface area contributed by atoms with Crippen molar-refractivity contribution in [2.75, 3.05) is 6.54 Å². The van der Waals surface area contributed by atoms with Crippen LogP contribution in [0.5, 0.6) is 0 Å². The van der Waals surface area contributed by atoms with E-state index in [1.807, 2.05) is 0 Å². The van der Waals surface area contributed by atoms with Crippen LogP contribution in [0.1, 0.15) is 25.7 Å². The van der Waals surface area contributed by atoms with Gasteiger partial charge in [-0.3, -0.25) is 25.3 Å². The molecule has 0 fully saturated rings. The minimum Gasteiger partial charge on any atom is -0.481 e. The van der Waals surface area contributed by atoms with Crippen LogP contribution in [0.15, 0.2) is 28.5 Å². The minimum absolute atomic E-state index is 0.133. The third-order valence-corrected chi connectivity index (χ3v) is 2.73. The first-order valence-corrected chi connectivity index (χ1v) is 10.4. The molecule has 0 saturated carbocycles. The number of nitrogens with zero attached hydrogens (tertiary/aromatic N) is 2. The van der Waals surface area contributed by atoms with Crippen LogP contribution in [0.25, 0.3) is 0 Å². The molecular weight excluding hydrogens is 367 g/mol. The van der Waals surface area contributed by atoms with E-state index in [-0.39, 0.29) is 23.5 Å². The molecule has 0 aliphatic heterocycles. The zero-order valence-corrected chi connectivity index (χ0v) is 15.0. The van der Waals surface area contributed by atoms with E-state index in [9.17, 15) is 14.9 Å². The number of nitro groups is 1. The molecule has 1 rings (SSSR count). The number of hydrogen-bond donors (Lipinski definition) is 3. The zero-order chi connectivity index (χ0) is 17.8. The average molecular weight is 389 g/mol. The second-order valence-corrected chi connectivity index (χ2v) is 6.36. The Morgan fingerprint density at radius 1 is 1.39 bits per heavy atom. The molecule has 1 aliphatic carbocycles. The van der Waals surface area contributed by atoms with Crippen molar-refractivity contribution < 1.29 is 14.8 Å². The van der Waals surface area contributed by atoms with Gasteiger partial charge in [0.1, 0.15) is 11.4 Å². The first-order valence-electron chi connectivity index (χ1n) is 6.93. The summed E-state index contributed by atoms with van der Waals surface area (Å²) in [6, 6.07) is 0. The number of nitrogens with two attached hydrogens (primary N) is 1. The van der Waals surface area contributed by atoms with Gasteiger partial charge >= 0.3 is 32.6 Å². The number of aliphatic imine (C=N–C) groups is 1. The SMILES string of the molecule is C[Se]C.N=C1C(=NCCCCCC(=O)O)C=CC([N+](=O)[O-])=C1N. The standard InChI is InChI=1S/C12H16N4O4.C2H6Se/c13-11-8(5-6-9(12(11)14)16(19)20)15-7-3-1-2-4-10(17)18;1-3-2/h5-6,13H,1-4,7,14H2,(H,17,18);1-2H3. The Morgan fingerprint density at radius 2 is 2.00 bits per heavy atom. The molecule has 0 atom stereocenters. The summed E-state index contributed by atoms with van der Waals surface area (Å²) in [5.41, 5.74) is 5.19. The molecular formula is C14H22N4O4Se. The normalized spacial score (nSPS) is 15.4. The van der Waals surface area contributed by atoms with E-state index in [2.05, 4.69) is 16.6 Å². The summed E-state index contributed by atoms with van der Waals surface area (Å²) in [4.78, 5) is 24.5. The van der Waals surface area contributed by atoms with E-state index in [1.54, 1.807) is 0 Å². The fourth-order valence-corrected chi connectivity index (χ4v) is 1.65. The molecule has 0 spiro atoms. The van der Waals surface area contributed by atoms with Gasteiger partial charge in [0.2, 0.25) is 0 Å². The molecule has 128 valence electrons. The van der Waals surface area contributed by atoms with Gasteiger partial charge in [0.25, 0.3) is 5.70 Å². The Morgan fingerprint density at radius 3 is 2.52 bits per heavy atom. The number of hydrogen-bond acceptors (Lipinski definition) is 6. The van der Waals surface area contributed by atoms with Gasteiger partial charge < -0.3 is 10.8 Å². The molecule has 0 unspecified atom stereocenters. The van der Waals surface area contributed by atoms with Crippen molar-refractivity contribution in [2.45, 2.75) is 37.3 Å². The van der Waals surface area contributed by atoms with E-state index in [0.717, 1.165) is 21.4 Å². The number of carbonyl (C=O) groups is 1. The maximum atomic E-state index is 10.6. The van der Waals surface area contributed by atoms with Crippen LogP contribution in [-0.2, 0) is 4.79 Å². The van der Waals surface area contributed by atoms with Crippen LogP contribution in [0.3, 0.4) is 0 Å². The summed E-state index contributed by atoms with van der Waals surface area (Å²) >= 11 is 0.875. The molecule has 0 bridgehead atoms. The van der Waals surface area contributed by atoms with Crippen LogP contribution < -0.4 is 5.73 Å². The van der Waals surface area contributed by atoms with Gasteiger partial charge in [0.15, 0.2) is 0 Å². The largest absolute Gasteiger partial charge is 0.481 e. The predicted molar refractivity (Wildman–Crippen MR) is 91.0 cm³/mol. The van der Waals surface area contributed by atoms with E-state index in [0.29, 0.717) is 25.1 Å². The number of carboxylic acid groups (broad SMARTS) is 1. The second-order valence-electron chi connectivity index (χ2n) is 4.64. The maximum absolute atomic E-state index is 10.6. The summed E-state index contributed by atoms with van der Waals surface area (Å²) in [6.45, 7) is 0.433. The van der Waals surface area contributed by atoms with Gasteiger partial charge in [-0.25, -0.2) is 0 Å². The quantitative estimate of drug-likeness (QED) is 0.200. The average Bonchev–Trinajstić information content (AvgIpc) is 2.47. The van der Waals surface area contributed by atoms with E-state index in [1.165, 1.54) is 12.2 Å². The Balaban J connectivity index is 0.00000149. The van der Waals surface area contributed by atoms with Crippen molar-refractivity contribution in [3.8, 4) is 0 Å². The number of allylic oxidation sites excluding steroid dienone is 3. The summed E-state index contributed by atoms with van der Waals surface area (Å²) in [6.07, 6.45) is 4.77. The first kappa shape index (κ1) is 21.0. The van der Waals surface area contributed by atoms with Gasteiger partial charge in [-0.05, 0) is 18.9 Å². The van der Waals surface area contributed by atoms with Crippen molar-refractivity contribution in [2.24, 2.45) is 10.7 Å². The topological polar surface area (TPSA) is 143 Å². The third-order valence-electron chi connectivity index (χ3n) is 2.73. The smallest absolute Gasteiger partial charge is 0.303 e. The molecule has 1 aliphatic rings. The molecule has 9 heteroatoms. The van der Waals surface area contributed by atoms with Crippen LogP contribution in [-0.4, -0.2) is 48.9 Å². The van der Waals surface area contributed by atoms with Gasteiger partial charge in [0.05, 0.1) is 10.6 Å². The van der Waals surface area contributed by atoms with Gasteiger partial charge in [-0.15, -0.1) is 0 Å². The monoisotopic (exact) mass is 390 g/mol. The number of nitrogens with one attached hydrogen (secondary N) is 1. The van der Waals surface area contributed by atoms with E-state index < -0.39 is 10.9 Å². The molecule has 0 saturated heterocycles. The fraction of sp³-hybridized carbons (Fsp3) is 0.500. The van der Waals surface area contributed by atoms with Gasteiger partial charge in [0, 0.05) is 19.0 Å². The first-order chi connectivity index (χ1) is 10.8. The Bertz CT molecular complexity index is 541. The molecule has 0 radical (unpaired) electrons. The second kappa shape index (κ2) is 11.6. The predicted octanol–water partition coefficient (Wildman–Crippen LogP) is 1.90. The molecule has 4 N–H and O–H groups in total. The molecule has 0 amide bonds. The number of rotatable bonds is 7. The van der Waals surface area contributed by atoms with Crippen molar-refractivity contribution in [3.63, 3.8) is 0 Å². The molecule has 0 aromatic heterocycles. The third kappa shape index (κ3) is 8.27. The Kier molecular flexibility index (Phi) is 10.6. The van der Waals surface area contributed by atoms with Crippen molar-refractivity contribution in [3.05, 3.63) is 33.7 Å². The van der Waals surface area contributed by atoms with Crippen LogP contribution in [0.2, 0.25) is 11.6 Å². The molecule has 0 aromatic carbocycles. The maximum Gasteiger partial charge on any atom is 0.303 e. The Hall–Kier alpha value is -1.99. The Labute approximate surface area is 141 Å². The fourth-order valence-electron chi connectivity index (χ4n) is 1.65. The summed E-state index contributed by atoms with van der Waals surface area (Å²) < 4.78 is 0. The number of aliphatic carboxylic acids is 1. The molecule has 8 nitrogen and oxygen atoms in total. The molecule has 0 aromatic rings. The van der Waals surface area contributed by atoms with E-state index in [4.69, 9.17) is 16.2 Å². The van der Waals surface area contributed by atoms with Crippen LogP contribution in [0, 0.1) is 15.5 Å². The van der Waals surface area contributed by atoms with Crippen LogP contribution in [0.4, 0.5) is 0 Å². The number of unbranched alkanes of at least 4 members (excludes halogenated alkanes) is 2.